The Bertz CT molecular complexity index is 687. The molecule has 5 heteroatoms. The number of nitrogens with zero attached hydrogens (tertiary/aromatic N) is 2. The summed E-state index contributed by atoms with van der Waals surface area (Å²) in [5.41, 5.74) is -0.122. The lowest BCUT2D eigenvalue weighted by atomic mass is 9.49. The van der Waals surface area contributed by atoms with Crippen molar-refractivity contribution in [3.8, 4) is 0 Å². The van der Waals surface area contributed by atoms with E-state index in [0.29, 0.717) is 11.9 Å². The molecule has 7 rings (SSSR count). The van der Waals surface area contributed by atoms with Gasteiger partial charge in [0.2, 0.25) is 11.8 Å². The number of likely N-dealkylation sites (tertiary alicyclic amines) is 2. The molecule has 4 bridgehead atoms. The van der Waals surface area contributed by atoms with Crippen LogP contribution in [0.15, 0.2) is 0 Å². The van der Waals surface area contributed by atoms with Crippen LogP contribution in [0, 0.1) is 29.1 Å². The average molecular weight is 442 g/mol. The maximum Gasteiger partial charge on any atom is 0.243 e. The van der Waals surface area contributed by atoms with Crippen LogP contribution >= 0.6 is 0 Å². The molecule has 2 saturated heterocycles. The number of piperidine rings is 1. The summed E-state index contributed by atoms with van der Waals surface area (Å²) in [6, 6.07) is 0.0754. The molecule has 2 amide bonds. The molecule has 1 N–H and O–H groups in total. The van der Waals surface area contributed by atoms with Gasteiger partial charge in [-0.1, -0.05) is 12.8 Å². The molecule has 178 valence electrons. The zero-order valence-corrected chi connectivity index (χ0v) is 19.9. The molecule has 2 aliphatic heterocycles. The van der Waals surface area contributed by atoms with Gasteiger partial charge in [-0.15, -0.1) is 0 Å². The third kappa shape index (κ3) is 4.01. The zero-order chi connectivity index (χ0) is 21.7. The summed E-state index contributed by atoms with van der Waals surface area (Å²) < 4.78 is 0. The number of rotatable bonds is 5. The van der Waals surface area contributed by atoms with Gasteiger partial charge in [-0.05, 0) is 101 Å². The first-order chi connectivity index (χ1) is 15.6. The van der Waals surface area contributed by atoms with Gasteiger partial charge in [0.15, 0.2) is 0 Å². The van der Waals surface area contributed by atoms with E-state index in [0.717, 1.165) is 88.3 Å². The van der Waals surface area contributed by atoms with E-state index in [1.165, 1.54) is 51.5 Å². The molecule has 0 aromatic heterocycles. The van der Waals surface area contributed by atoms with Gasteiger partial charge in [-0.3, -0.25) is 9.59 Å². The monoisotopic (exact) mass is 441 g/mol. The van der Waals surface area contributed by atoms with E-state index < -0.39 is 0 Å². The first-order valence-electron chi connectivity index (χ1n) is 13.9. The fourth-order valence-electron chi connectivity index (χ4n) is 9.07. The molecule has 7 aliphatic rings. The summed E-state index contributed by atoms with van der Waals surface area (Å²) in [5, 5.41) is 3.37. The van der Waals surface area contributed by atoms with Gasteiger partial charge in [0.25, 0.3) is 0 Å². The van der Waals surface area contributed by atoms with Gasteiger partial charge in [0, 0.05) is 32.2 Å². The number of nitrogens with one attached hydrogen (secondary N) is 1. The lowest BCUT2D eigenvalue weighted by molar-refractivity contribution is -0.160. The Hall–Kier alpha value is -1.10. The van der Waals surface area contributed by atoms with Crippen LogP contribution in [0.1, 0.15) is 89.9 Å². The van der Waals surface area contributed by atoms with Crippen molar-refractivity contribution in [2.45, 2.75) is 102 Å². The lowest BCUT2D eigenvalue weighted by Gasteiger charge is -2.56. The first-order valence-corrected chi connectivity index (χ1v) is 13.9. The van der Waals surface area contributed by atoms with Crippen LogP contribution < -0.4 is 5.32 Å². The summed E-state index contributed by atoms with van der Waals surface area (Å²) >= 11 is 0. The Morgan fingerprint density at radius 3 is 2.03 bits per heavy atom. The number of carbonyl (C=O) groups excluding carboxylic acids is 2. The van der Waals surface area contributed by atoms with Crippen LogP contribution in [0.25, 0.3) is 0 Å². The van der Waals surface area contributed by atoms with Crippen molar-refractivity contribution in [3.05, 3.63) is 0 Å². The number of hydrogen-bond donors (Lipinski definition) is 1. The summed E-state index contributed by atoms with van der Waals surface area (Å²) in [6.07, 6.45) is 17.0. The highest BCUT2D eigenvalue weighted by molar-refractivity contribution is 5.91. The molecule has 1 unspecified atom stereocenters. The maximum atomic E-state index is 13.9. The van der Waals surface area contributed by atoms with E-state index in [1.807, 2.05) is 4.90 Å². The largest absolute Gasteiger partial charge is 0.351 e. The van der Waals surface area contributed by atoms with Gasteiger partial charge in [-0.2, -0.15) is 0 Å². The normalized spacial score (nSPS) is 40.3. The lowest BCUT2D eigenvalue weighted by Crippen LogP contribution is -2.58. The molecule has 1 atom stereocenters. The number of carbonyl (C=O) groups is 2. The Labute approximate surface area is 194 Å². The summed E-state index contributed by atoms with van der Waals surface area (Å²) in [6.45, 7) is 4.28. The molecule has 0 aromatic carbocycles. The fraction of sp³-hybridized carbons (Fsp3) is 0.926. The van der Waals surface area contributed by atoms with E-state index in [-0.39, 0.29) is 17.4 Å². The third-order valence-electron chi connectivity index (χ3n) is 10.2. The van der Waals surface area contributed by atoms with E-state index in [1.54, 1.807) is 0 Å². The second-order valence-electron chi connectivity index (χ2n) is 12.6. The predicted octanol–water partition coefficient (Wildman–Crippen LogP) is 3.96. The van der Waals surface area contributed by atoms with Crippen LogP contribution in [0.2, 0.25) is 0 Å². The minimum absolute atomic E-state index is 0.122. The molecule has 7 fully saturated rings. The first kappa shape index (κ1) is 21.4. The van der Waals surface area contributed by atoms with Crippen molar-refractivity contribution in [1.29, 1.82) is 0 Å². The summed E-state index contributed by atoms with van der Waals surface area (Å²) in [7, 11) is 0. The zero-order valence-electron chi connectivity index (χ0n) is 19.9. The van der Waals surface area contributed by atoms with Crippen molar-refractivity contribution in [2.75, 3.05) is 26.2 Å². The molecular weight excluding hydrogens is 398 g/mol. The number of hydrogen-bond acceptors (Lipinski definition) is 3. The third-order valence-corrected chi connectivity index (χ3v) is 10.2. The minimum atomic E-state index is -0.216. The Morgan fingerprint density at radius 2 is 1.41 bits per heavy atom. The highest BCUT2D eigenvalue weighted by atomic mass is 16.2. The van der Waals surface area contributed by atoms with Crippen LogP contribution in [0.4, 0.5) is 0 Å². The summed E-state index contributed by atoms with van der Waals surface area (Å²) in [4.78, 5) is 31.8. The maximum absolute atomic E-state index is 13.9. The molecule has 0 aromatic rings. The predicted molar refractivity (Wildman–Crippen MR) is 125 cm³/mol. The van der Waals surface area contributed by atoms with Crippen molar-refractivity contribution < 1.29 is 9.59 Å². The van der Waals surface area contributed by atoms with Crippen LogP contribution in [-0.4, -0.2) is 59.9 Å². The molecular formula is C27H43N3O2. The Balaban J connectivity index is 1.04. The van der Waals surface area contributed by atoms with Gasteiger partial charge in [0.05, 0.1) is 5.41 Å². The number of amides is 2. The van der Waals surface area contributed by atoms with Crippen molar-refractivity contribution in [3.63, 3.8) is 0 Å². The fourth-order valence-corrected chi connectivity index (χ4v) is 9.07. The second kappa shape index (κ2) is 8.60. The van der Waals surface area contributed by atoms with Crippen LogP contribution in [0.5, 0.6) is 0 Å². The second-order valence-corrected chi connectivity index (χ2v) is 12.6. The topological polar surface area (TPSA) is 52.7 Å². The highest BCUT2D eigenvalue weighted by Crippen LogP contribution is 2.60. The quantitative estimate of drug-likeness (QED) is 0.702. The smallest absolute Gasteiger partial charge is 0.243 e. The average Bonchev–Trinajstić information content (AvgIpc) is 3.46. The summed E-state index contributed by atoms with van der Waals surface area (Å²) in [5.74, 6) is 3.71. The molecule has 0 spiro atoms. The molecule has 5 aliphatic carbocycles. The SMILES string of the molecule is O=C(NC1CCN(CC2CCCC2)CC1)C1CCCN1C(=O)C12CC3CC(CC(C3)C1)C2. The van der Waals surface area contributed by atoms with Gasteiger partial charge in [-0.25, -0.2) is 0 Å². The minimum Gasteiger partial charge on any atom is -0.351 e. The van der Waals surface area contributed by atoms with Crippen molar-refractivity contribution in [2.24, 2.45) is 29.1 Å². The molecule has 5 saturated carbocycles. The van der Waals surface area contributed by atoms with Crippen molar-refractivity contribution in [1.82, 2.24) is 15.1 Å². The molecule has 0 radical (unpaired) electrons. The van der Waals surface area contributed by atoms with E-state index in [4.69, 9.17) is 0 Å². The standard InChI is InChI=1S/C27H43N3O2/c31-25(28-23-7-10-29(11-8-23)18-19-4-1-2-5-19)24-6-3-9-30(24)26(32)27-15-20-12-21(16-27)14-22(13-20)17-27/h19-24H,1-18H2,(H,28,31). The van der Waals surface area contributed by atoms with Gasteiger partial charge < -0.3 is 15.1 Å². The van der Waals surface area contributed by atoms with E-state index in [2.05, 4.69) is 10.2 Å². The molecule has 5 nitrogen and oxygen atoms in total. The molecule has 32 heavy (non-hydrogen) atoms. The van der Waals surface area contributed by atoms with Gasteiger partial charge >= 0.3 is 0 Å². The van der Waals surface area contributed by atoms with E-state index in [9.17, 15) is 9.59 Å². The van der Waals surface area contributed by atoms with Crippen LogP contribution in [-0.2, 0) is 9.59 Å². The van der Waals surface area contributed by atoms with Crippen LogP contribution in [0.3, 0.4) is 0 Å². The van der Waals surface area contributed by atoms with Crippen molar-refractivity contribution >= 4 is 11.8 Å². The molecule has 2 heterocycles. The van der Waals surface area contributed by atoms with Gasteiger partial charge in [0.1, 0.15) is 6.04 Å². The highest BCUT2D eigenvalue weighted by Gasteiger charge is 2.56. The Kier molecular flexibility index (Phi) is 5.76. The Morgan fingerprint density at radius 1 is 0.781 bits per heavy atom. The van der Waals surface area contributed by atoms with E-state index >= 15 is 0 Å².